The van der Waals surface area contributed by atoms with Crippen LogP contribution in [0.15, 0.2) is 28.7 Å². The van der Waals surface area contributed by atoms with E-state index in [0.717, 1.165) is 0 Å². The molecule has 0 radical (unpaired) electrons. The SMILES string of the molecule is CC(N1CCCC1)C1(c2ccc(Br)cc2)CC1. The first-order valence-electron chi connectivity index (χ1n) is 6.72. The average Bonchev–Trinajstić information content (AvgIpc) is 2.97. The van der Waals surface area contributed by atoms with Gasteiger partial charge in [0, 0.05) is 15.9 Å². The van der Waals surface area contributed by atoms with Crippen LogP contribution >= 0.6 is 15.9 Å². The molecular weight excluding hydrogens is 274 g/mol. The zero-order chi connectivity index (χ0) is 11.9. The summed E-state index contributed by atoms with van der Waals surface area (Å²) in [4.78, 5) is 2.69. The molecule has 1 saturated carbocycles. The van der Waals surface area contributed by atoms with Gasteiger partial charge in [0.2, 0.25) is 0 Å². The van der Waals surface area contributed by atoms with E-state index in [1.54, 1.807) is 5.56 Å². The fourth-order valence-electron chi connectivity index (χ4n) is 3.34. The van der Waals surface area contributed by atoms with E-state index in [2.05, 4.69) is 52.0 Å². The molecule has 2 aliphatic rings. The van der Waals surface area contributed by atoms with Crippen molar-refractivity contribution in [1.82, 2.24) is 4.90 Å². The Balaban J connectivity index is 1.83. The summed E-state index contributed by atoms with van der Waals surface area (Å²) in [6.07, 6.45) is 5.51. The number of rotatable bonds is 3. The summed E-state index contributed by atoms with van der Waals surface area (Å²) in [5.74, 6) is 0. The predicted molar refractivity (Wildman–Crippen MR) is 75.3 cm³/mol. The van der Waals surface area contributed by atoms with Crippen LogP contribution in [-0.2, 0) is 5.41 Å². The van der Waals surface area contributed by atoms with Crippen LogP contribution in [0.4, 0.5) is 0 Å². The Morgan fingerprint density at radius 3 is 2.24 bits per heavy atom. The number of hydrogen-bond donors (Lipinski definition) is 0. The zero-order valence-corrected chi connectivity index (χ0v) is 12.0. The molecule has 1 aliphatic carbocycles. The van der Waals surface area contributed by atoms with Crippen molar-refractivity contribution in [2.24, 2.45) is 0 Å². The van der Waals surface area contributed by atoms with Crippen molar-refractivity contribution < 1.29 is 0 Å². The van der Waals surface area contributed by atoms with Gasteiger partial charge in [0.05, 0.1) is 0 Å². The van der Waals surface area contributed by atoms with Crippen LogP contribution in [0.3, 0.4) is 0 Å². The molecule has 1 atom stereocenters. The summed E-state index contributed by atoms with van der Waals surface area (Å²) >= 11 is 3.53. The second-order valence-electron chi connectivity index (χ2n) is 5.58. The molecule has 2 fully saturated rings. The number of halogens is 1. The van der Waals surface area contributed by atoms with Crippen molar-refractivity contribution in [3.05, 3.63) is 34.3 Å². The normalized spacial score (nSPS) is 24.8. The van der Waals surface area contributed by atoms with E-state index in [1.807, 2.05) is 0 Å². The third-order valence-corrected chi connectivity index (χ3v) is 5.22. The molecule has 2 heteroatoms. The lowest BCUT2D eigenvalue weighted by atomic mass is 9.88. The molecule has 3 rings (SSSR count). The minimum absolute atomic E-state index is 0.463. The second kappa shape index (κ2) is 4.40. The van der Waals surface area contributed by atoms with Gasteiger partial charge in [-0.15, -0.1) is 0 Å². The second-order valence-corrected chi connectivity index (χ2v) is 6.50. The van der Waals surface area contributed by atoms with E-state index < -0.39 is 0 Å². The minimum atomic E-state index is 0.463. The van der Waals surface area contributed by atoms with E-state index in [4.69, 9.17) is 0 Å². The average molecular weight is 294 g/mol. The first-order chi connectivity index (χ1) is 8.22. The third-order valence-electron chi connectivity index (χ3n) is 4.70. The highest BCUT2D eigenvalue weighted by Crippen LogP contribution is 2.52. The van der Waals surface area contributed by atoms with E-state index >= 15 is 0 Å². The van der Waals surface area contributed by atoms with Crippen molar-refractivity contribution in [2.75, 3.05) is 13.1 Å². The Labute approximate surface area is 112 Å². The standard InChI is InChI=1S/C15H20BrN/c1-12(17-10-2-3-11-17)15(8-9-15)13-4-6-14(16)7-5-13/h4-7,12H,2-3,8-11H2,1H3. The molecule has 92 valence electrons. The Kier molecular flexibility index (Phi) is 3.04. The van der Waals surface area contributed by atoms with Crippen molar-refractivity contribution in [2.45, 2.75) is 44.1 Å². The number of benzene rings is 1. The van der Waals surface area contributed by atoms with Crippen LogP contribution in [-0.4, -0.2) is 24.0 Å². The molecular formula is C15H20BrN. The summed E-state index contributed by atoms with van der Waals surface area (Å²) in [6, 6.07) is 9.71. The lowest BCUT2D eigenvalue weighted by Crippen LogP contribution is -2.39. The highest BCUT2D eigenvalue weighted by Gasteiger charge is 2.50. The molecule has 0 aromatic heterocycles. The molecule has 0 N–H and O–H groups in total. The fourth-order valence-corrected chi connectivity index (χ4v) is 3.61. The molecule has 1 aromatic rings. The van der Waals surface area contributed by atoms with E-state index in [1.165, 1.54) is 43.2 Å². The molecule has 0 amide bonds. The first kappa shape index (κ1) is 11.7. The summed E-state index contributed by atoms with van der Waals surface area (Å²) < 4.78 is 1.19. The number of nitrogens with zero attached hydrogens (tertiary/aromatic N) is 1. The highest BCUT2D eigenvalue weighted by atomic mass is 79.9. The van der Waals surface area contributed by atoms with Crippen LogP contribution in [0.25, 0.3) is 0 Å². The minimum Gasteiger partial charge on any atom is -0.300 e. The molecule has 1 aromatic carbocycles. The summed E-state index contributed by atoms with van der Waals surface area (Å²) in [5, 5.41) is 0. The topological polar surface area (TPSA) is 3.24 Å². The summed E-state index contributed by atoms with van der Waals surface area (Å²) in [6.45, 7) is 5.04. The van der Waals surface area contributed by atoms with Crippen LogP contribution in [0.1, 0.15) is 38.2 Å². The van der Waals surface area contributed by atoms with E-state index in [9.17, 15) is 0 Å². The van der Waals surface area contributed by atoms with Gasteiger partial charge in [0.15, 0.2) is 0 Å². The third kappa shape index (κ3) is 2.06. The Morgan fingerprint density at radius 1 is 1.12 bits per heavy atom. The van der Waals surface area contributed by atoms with Gasteiger partial charge in [-0.25, -0.2) is 0 Å². The lowest BCUT2D eigenvalue weighted by Gasteiger charge is -2.32. The van der Waals surface area contributed by atoms with Gasteiger partial charge in [-0.2, -0.15) is 0 Å². The summed E-state index contributed by atoms with van der Waals surface area (Å²) in [7, 11) is 0. The van der Waals surface area contributed by atoms with Gasteiger partial charge >= 0.3 is 0 Å². The lowest BCUT2D eigenvalue weighted by molar-refractivity contribution is 0.214. The van der Waals surface area contributed by atoms with Gasteiger partial charge < -0.3 is 0 Å². The molecule has 1 nitrogen and oxygen atoms in total. The van der Waals surface area contributed by atoms with Gasteiger partial charge in [0.1, 0.15) is 0 Å². The zero-order valence-electron chi connectivity index (χ0n) is 10.5. The molecule has 1 heterocycles. The van der Waals surface area contributed by atoms with Gasteiger partial charge in [0.25, 0.3) is 0 Å². The van der Waals surface area contributed by atoms with Gasteiger partial charge in [-0.05, 0) is 63.4 Å². The molecule has 17 heavy (non-hydrogen) atoms. The maximum Gasteiger partial charge on any atom is 0.0175 e. The van der Waals surface area contributed by atoms with E-state index in [0.29, 0.717) is 11.5 Å². The van der Waals surface area contributed by atoms with Crippen molar-refractivity contribution in [3.63, 3.8) is 0 Å². The Morgan fingerprint density at radius 2 is 1.71 bits per heavy atom. The highest BCUT2D eigenvalue weighted by molar-refractivity contribution is 9.10. The molecule has 1 unspecified atom stereocenters. The summed E-state index contributed by atoms with van der Waals surface area (Å²) in [5.41, 5.74) is 2.01. The van der Waals surface area contributed by atoms with Crippen LogP contribution < -0.4 is 0 Å². The van der Waals surface area contributed by atoms with Crippen LogP contribution in [0.2, 0.25) is 0 Å². The van der Waals surface area contributed by atoms with Gasteiger partial charge in [-0.3, -0.25) is 4.90 Å². The predicted octanol–water partition coefficient (Wildman–Crippen LogP) is 3.97. The smallest absolute Gasteiger partial charge is 0.0175 e. The molecule has 0 spiro atoms. The van der Waals surface area contributed by atoms with Crippen LogP contribution in [0.5, 0.6) is 0 Å². The molecule has 1 saturated heterocycles. The number of likely N-dealkylation sites (tertiary alicyclic amines) is 1. The Hall–Kier alpha value is -0.340. The molecule has 0 bridgehead atoms. The van der Waals surface area contributed by atoms with Crippen molar-refractivity contribution in [3.8, 4) is 0 Å². The van der Waals surface area contributed by atoms with Crippen molar-refractivity contribution >= 4 is 15.9 Å². The number of hydrogen-bond acceptors (Lipinski definition) is 1. The van der Waals surface area contributed by atoms with Crippen molar-refractivity contribution in [1.29, 1.82) is 0 Å². The maximum absolute atomic E-state index is 3.53. The van der Waals surface area contributed by atoms with E-state index in [-0.39, 0.29) is 0 Å². The fraction of sp³-hybridized carbons (Fsp3) is 0.600. The monoisotopic (exact) mass is 293 g/mol. The van der Waals surface area contributed by atoms with Crippen LogP contribution in [0, 0.1) is 0 Å². The molecule has 1 aliphatic heterocycles. The quantitative estimate of drug-likeness (QED) is 0.815. The van der Waals surface area contributed by atoms with Gasteiger partial charge in [-0.1, -0.05) is 28.1 Å². The largest absolute Gasteiger partial charge is 0.300 e. The maximum atomic E-state index is 3.53. The first-order valence-corrected chi connectivity index (χ1v) is 7.52. The Bertz CT molecular complexity index is 388.